The van der Waals surface area contributed by atoms with Gasteiger partial charge in [0.2, 0.25) is 11.8 Å². The predicted molar refractivity (Wildman–Crippen MR) is 88.6 cm³/mol. The number of piperazine rings is 1. The number of benzene rings is 1. The molecule has 1 aliphatic heterocycles. The van der Waals surface area contributed by atoms with Gasteiger partial charge in [-0.1, -0.05) is 18.2 Å². The van der Waals surface area contributed by atoms with Gasteiger partial charge in [-0.3, -0.25) is 14.5 Å². The lowest BCUT2D eigenvalue weighted by Crippen LogP contribution is -2.55. The minimum absolute atomic E-state index is 0.111. The summed E-state index contributed by atoms with van der Waals surface area (Å²) in [5, 5.41) is 2.80. The first-order valence-electron chi connectivity index (χ1n) is 8.60. The molecule has 0 spiro atoms. The van der Waals surface area contributed by atoms with Crippen molar-refractivity contribution in [2.75, 3.05) is 26.2 Å². The summed E-state index contributed by atoms with van der Waals surface area (Å²) < 4.78 is 13.6. The average molecular weight is 333 g/mol. The molecule has 24 heavy (non-hydrogen) atoms. The van der Waals surface area contributed by atoms with Crippen LogP contribution in [0.5, 0.6) is 0 Å². The first-order chi connectivity index (χ1) is 11.6. The molecule has 1 heterocycles. The Morgan fingerprint density at radius 2 is 1.88 bits per heavy atom. The highest BCUT2D eigenvalue weighted by Crippen LogP contribution is 2.31. The number of carbonyl (C=O) groups is 2. The first-order valence-corrected chi connectivity index (χ1v) is 8.60. The van der Waals surface area contributed by atoms with Gasteiger partial charge < -0.3 is 10.2 Å². The van der Waals surface area contributed by atoms with E-state index in [1.807, 2.05) is 11.8 Å². The number of amides is 2. The fourth-order valence-corrected chi connectivity index (χ4v) is 3.06. The minimum atomic E-state index is -0.308. The van der Waals surface area contributed by atoms with Crippen LogP contribution < -0.4 is 5.32 Å². The van der Waals surface area contributed by atoms with Gasteiger partial charge in [-0.15, -0.1) is 0 Å². The Balaban J connectivity index is 1.46. The van der Waals surface area contributed by atoms with Gasteiger partial charge in [-0.25, -0.2) is 4.39 Å². The molecule has 1 N–H and O–H groups in total. The van der Waals surface area contributed by atoms with Crippen LogP contribution in [0, 0.1) is 11.7 Å². The Kier molecular flexibility index (Phi) is 5.14. The van der Waals surface area contributed by atoms with Gasteiger partial charge in [-0.05, 0) is 25.8 Å². The van der Waals surface area contributed by atoms with E-state index in [0.717, 1.165) is 12.8 Å². The van der Waals surface area contributed by atoms with Gasteiger partial charge in [0.25, 0.3) is 0 Å². The molecule has 0 bridgehead atoms. The number of hydrogen-bond donors (Lipinski definition) is 1. The quantitative estimate of drug-likeness (QED) is 0.886. The summed E-state index contributed by atoms with van der Waals surface area (Å²) in [7, 11) is 0. The third kappa shape index (κ3) is 3.93. The molecule has 1 aromatic rings. The number of hydrogen-bond acceptors (Lipinski definition) is 3. The second-order valence-corrected chi connectivity index (χ2v) is 6.62. The third-order valence-electron chi connectivity index (χ3n) is 4.89. The van der Waals surface area contributed by atoms with Crippen molar-refractivity contribution < 1.29 is 14.0 Å². The summed E-state index contributed by atoms with van der Waals surface area (Å²) in [6.45, 7) is 4.81. The molecule has 6 heteroatoms. The largest absolute Gasteiger partial charge is 0.351 e. The SMILES string of the molecule is CC(C(=O)NCc1ccccc1F)N1CCN(C(=O)C2CC2)CC1. The van der Waals surface area contributed by atoms with Crippen LogP contribution >= 0.6 is 0 Å². The number of nitrogens with zero attached hydrogens (tertiary/aromatic N) is 2. The smallest absolute Gasteiger partial charge is 0.237 e. The zero-order valence-electron chi connectivity index (χ0n) is 14.0. The van der Waals surface area contributed by atoms with Crippen molar-refractivity contribution >= 4 is 11.8 Å². The van der Waals surface area contributed by atoms with Crippen LogP contribution in [-0.2, 0) is 16.1 Å². The highest BCUT2D eigenvalue weighted by Gasteiger charge is 2.35. The summed E-state index contributed by atoms with van der Waals surface area (Å²) in [6.07, 6.45) is 2.04. The minimum Gasteiger partial charge on any atom is -0.351 e. The molecule has 1 unspecified atom stereocenters. The van der Waals surface area contributed by atoms with Crippen LogP contribution in [0.1, 0.15) is 25.3 Å². The van der Waals surface area contributed by atoms with Crippen LogP contribution in [0.15, 0.2) is 24.3 Å². The second-order valence-electron chi connectivity index (χ2n) is 6.62. The third-order valence-corrected chi connectivity index (χ3v) is 4.89. The molecule has 0 radical (unpaired) electrons. The molecule has 5 nitrogen and oxygen atoms in total. The monoisotopic (exact) mass is 333 g/mol. The molecule has 130 valence electrons. The summed E-state index contributed by atoms with van der Waals surface area (Å²) in [4.78, 5) is 28.4. The molecule has 2 aliphatic rings. The topological polar surface area (TPSA) is 52.7 Å². The predicted octanol–water partition coefficient (Wildman–Crippen LogP) is 1.38. The standard InChI is InChI=1S/C18H24FN3O2/c1-13(17(23)20-12-15-4-2-3-5-16(15)19)21-8-10-22(11-9-21)18(24)14-6-7-14/h2-5,13-14H,6-12H2,1H3,(H,20,23). The lowest BCUT2D eigenvalue weighted by atomic mass is 10.2. The van der Waals surface area contributed by atoms with Gasteiger partial charge >= 0.3 is 0 Å². The van der Waals surface area contributed by atoms with E-state index in [-0.39, 0.29) is 36.1 Å². The van der Waals surface area contributed by atoms with Gasteiger partial charge in [0, 0.05) is 44.2 Å². The van der Waals surface area contributed by atoms with E-state index >= 15 is 0 Å². The fraction of sp³-hybridized carbons (Fsp3) is 0.556. The number of rotatable bonds is 5. The van der Waals surface area contributed by atoms with E-state index < -0.39 is 0 Å². The maximum absolute atomic E-state index is 13.6. The van der Waals surface area contributed by atoms with Crippen molar-refractivity contribution in [2.45, 2.75) is 32.4 Å². The van der Waals surface area contributed by atoms with E-state index in [0.29, 0.717) is 31.7 Å². The highest BCUT2D eigenvalue weighted by atomic mass is 19.1. The maximum atomic E-state index is 13.6. The van der Waals surface area contributed by atoms with E-state index in [1.165, 1.54) is 6.07 Å². The average Bonchev–Trinajstić information content (AvgIpc) is 3.45. The molecule has 2 fully saturated rings. The van der Waals surface area contributed by atoms with Crippen LogP contribution in [0.4, 0.5) is 4.39 Å². The van der Waals surface area contributed by atoms with Crippen LogP contribution in [0.25, 0.3) is 0 Å². The van der Waals surface area contributed by atoms with Crippen LogP contribution in [-0.4, -0.2) is 53.8 Å². The summed E-state index contributed by atoms with van der Waals surface area (Å²) >= 11 is 0. The van der Waals surface area contributed by atoms with E-state index in [9.17, 15) is 14.0 Å². The summed E-state index contributed by atoms with van der Waals surface area (Å²) in [5.41, 5.74) is 0.484. The van der Waals surface area contributed by atoms with Crippen LogP contribution in [0.3, 0.4) is 0 Å². The summed E-state index contributed by atoms with van der Waals surface area (Å²) in [6, 6.07) is 6.16. The Labute approximate surface area is 141 Å². The molecule has 1 atom stereocenters. The van der Waals surface area contributed by atoms with Crippen molar-refractivity contribution in [3.8, 4) is 0 Å². The maximum Gasteiger partial charge on any atom is 0.237 e. The second kappa shape index (κ2) is 7.30. The lowest BCUT2D eigenvalue weighted by Gasteiger charge is -2.37. The zero-order chi connectivity index (χ0) is 17.1. The van der Waals surface area contributed by atoms with Crippen molar-refractivity contribution in [2.24, 2.45) is 5.92 Å². The Bertz CT molecular complexity index is 610. The fourth-order valence-electron chi connectivity index (χ4n) is 3.06. The van der Waals surface area contributed by atoms with Crippen LogP contribution in [0.2, 0.25) is 0 Å². The molecule has 1 aromatic carbocycles. The van der Waals surface area contributed by atoms with E-state index in [1.54, 1.807) is 18.2 Å². The van der Waals surface area contributed by atoms with Gasteiger partial charge in [0.15, 0.2) is 0 Å². The number of nitrogens with one attached hydrogen (secondary N) is 1. The zero-order valence-corrected chi connectivity index (χ0v) is 14.0. The van der Waals surface area contributed by atoms with Gasteiger partial charge in [-0.2, -0.15) is 0 Å². The molecule has 3 rings (SSSR count). The molecular formula is C18H24FN3O2. The van der Waals surface area contributed by atoms with Crippen molar-refractivity contribution in [3.05, 3.63) is 35.6 Å². The van der Waals surface area contributed by atoms with E-state index in [2.05, 4.69) is 10.2 Å². The summed E-state index contributed by atoms with van der Waals surface area (Å²) in [5.74, 6) is 0.0993. The van der Waals surface area contributed by atoms with Crippen molar-refractivity contribution in [1.29, 1.82) is 0 Å². The molecular weight excluding hydrogens is 309 g/mol. The highest BCUT2D eigenvalue weighted by molar-refractivity contribution is 5.82. The van der Waals surface area contributed by atoms with Gasteiger partial charge in [0.1, 0.15) is 5.82 Å². The molecule has 1 saturated heterocycles. The first kappa shape index (κ1) is 16.9. The molecule has 0 aromatic heterocycles. The molecule has 2 amide bonds. The van der Waals surface area contributed by atoms with Crippen molar-refractivity contribution in [1.82, 2.24) is 15.1 Å². The normalized spacial score (nSPS) is 19.8. The number of carbonyl (C=O) groups excluding carboxylic acids is 2. The Morgan fingerprint density at radius 3 is 2.50 bits per heavy atom. The van der Waals surface area contributed by atoms with Gasteiger partial charge in [0.05, 0.1) is 6.04 Å². The molecule has 1 saturated carbocycles. The molecule has 1 aliphatic carbocycles. The Hall–Kier alpha value is -1.95. The van der Waals surface area contributed by atoms with E-state index in [4.69, 9.17) is 0 Å². The van der Waals surface area contributed by atoms with Crippen molar-refractivity contribution in [3.63, 3.8) is 0 Å². The Morgan fingerprint density at radius 1 is 1.21 bits per heavy atom. The lowest BCUT2D eigenvalue weighted by molar-refractivity contribution is -0.135. The number of halogens is 1.